The van der Waals surface area contributed by atoms with Gasteiger partial charge >= 0.3 is 0 Å². The van der Waals surface area contributed by atoms with Gasteiger partial charge in [0.05, 0.1) is 0 Å². The Balaban J connectivity index is 2.10. The molecule has 1 unspecified atom stereocenters. The summed E-state index contributed by atoms with van der Waals surface area (Å²) in [5, 5.41) is 0. The number of hydrogen-bond acceptors (Lipinski definition) is 1. The minimum atomic E-state index is 0.482. The summed E-state index contributed by atoms with van der Waals surface area (Å²) in [6.07, 6.45) is 9.47. The van der Waals surface area contributed by atoms with Crippen LogP contribution in [0.15, 0.2) is 0 Å². The zero-order valence-electron chi connectivity index (χ0n) is 9.26. The topological polar surface area (TPSA) is 26.0 Å². The van der Waals surface area contributed by atoms with Gasteiger partial charge in [-0.15, -0.1) is 0 Å². The standard InChI is InChI=1S/C12H25N/c1-3-10(4-2)8-12(13)9-11-6-5-7-11/h10-12H,3-9,13H2,1-2H3. The quantitative estimate of drug-likeness (QED) is 0.671. The molecule has 0 saturated heterocycles. The second kappa shape index (κ2) is 5.64. The summed E-state index contributed by atoms with van der Waals surface area (Å²) in [4.78, 5) is 0. The normalized spacial score (nSPS) is 20.3. The van der Waals surface area contributed by atoms with Crippen molar-refractivity contribution in [3.05, 3.63) is 0 Å². The van der Waals surface area contributed by atoms with Crippen LogP contribution in [0.3, 0.4) is 0 Å². The van der Waals surface area contributed by atoms with Gasteiger partial charge in [-0.2, -0.15) is 0 Å². The van der Waals surface area contributed by atoms with Crippen molar-refractivity contribution in [1.82, 2.24) is 0 Å². The minimum absolute atomic E-state index is 0.482. The van der Waals surface area contributed by atoms with E-state index in [-0.39, 0.29) is 0 Å². The Morgan fingerprint density at radius 3 is 2.23 bits per heavy atom. The van der Waals surface area contributed by atoms with Gasteiger partial charge in [-0.3, -0.25) is 0 Å². The van der Waals surface area contributed by atoms with Gasteiger partial charge in [0.1, 0.15) is 0 Å². The molecule has 13 heavy (non-hydrogen) atoms. The first-order valence-corrected chi connectivity index (χ1v) is 6.01. The lowest BCUT2D eigenvalue weighted by Crippen LogP contribution is -2.28. The Labute approximate surface area is 83.1 Å². The average Bonchev–Trinajstić information content (AvgIpc) is 2.07. The van der Waals surface area contributed by atoms with Crippen LogP contribution in [-0.2, 0) is 0 Å². The van der Waals surface area contributed by atoms with Crippen LogP contribution in [0, 0.1) is 11.8 Å². The molecule has 0 bridgehead atoms. The van der Waals surface area contributed by atoms with E-state index in [2.05, 4.69) is 13.8 Å². The maximum absolute atomic E-state index is 6.14. The van der Waals surface area contributed by atoms with Crippen LogP contribution in [0.4, 0.5) is 0 Å². The Bertz CT molecular complexity index is 125. The summed E-state index contributed by atoms with van der Waals surface area (Å²) >= 11 is 0. The molecule has 78 valence electrons. The number of rotatable bonds is 6. The van der Waals surface area contributed by atoms with E-state index in [4.69, 9.17) is 5.73 Å². The lowest BCUT2D eigenvalue weighted by molar-refractivity contribution is 0.257. The number of hydrogen-bond donors (Lipinski definition) is 1. The van der Waals surface area contributed by atoms with Crippen molar-refractivity contribution in [2.75, 3.05) is 0 Å². The van der Waals surface area contributed by atoms with Gasteiger partial charge in [0, 0.05) is 6.04 Å². The first kappa shape index (κ1) is 11.0. The van der Waals surface area contributed by atoms with Crippen LogP contribution in [0.2, 0.25) is 0 Å². The predicted octanol–water partition coefficient (Wildman–Crippen LogP) is 3.33. The molecule has 0 amide bonds. The molecule has 1 fully saturated rings. The third-order valence-corrected chi connectivity index (χ3v) is 3.65. The Kier molecular flexibility index (Phi) is 4.79. The van der Waals surface area contributed by atoms with Gasteiger partial charge in [0.2, 0.25) is 0 Å². The van der Waals surface area contributed by atoms with E-state index in [9.17, 15) is 0 Å². The smallest absolute Gasteiger partial charge is 0.00441 e. The van der Waals surface area contributed by atoms with Crippen molar-refractivity contribution in [3.8, 4) is 0 Å². The summed E-state index contributed by atoms with van der Waals surface area (Å²) in [5.74, 6) is 1.85. The largest absolute Gasteiger partial charge is 0.328 e. The van der Waals surface area contributed by atoms with Crippen LogP contribution < -0.4 is 5.73 Å². The highest BCUT2D eigenvalue weighted by molar-refractivity contribution is 4.76. The average molecular weight is 183 g/mol. The highest BCUT2D eigenvalue weighted by Crippen LogP contribution is 2.31. The fourth-order valence-corrected chi connectivity index (χ4v) is 2.30. The first-order valence-electron chi connectivity index (χ1n) is 6.01. The van der Waals surface area contributed by atoms with E-state index in [1.54, 1.807) is 0 Å². The van der Waals surface area contributed by atoms with Gasteiger partial charge in [-0.05, 0) is 24.7 Å². The molecule has 2 N–H and O–H groups in total. The van der Waals surface area contributed by atoms with Crippen molar-refractivity contribution in [2.24, 2.45) is 17.6 Å². The van der Waals surface area contributed by atoms with Gasteiger partial charge < -0.3 is 5.73 Å². The summed E-state index contributed by atoms with van der Waals surface area (Å²) in [7, 11) is 0. The molecule has 1 rings (SSSR count). The molecular formula is C12H25N. The van der Waals surface area contributed by atoms with Crippen molar-refractivity contribution >= 4 is 0 Å². The Morgan fingerprint density at radius 1 is 1.23 bits per heavy atom. The molecule has 0 aromatic carbocycles. The summed E-state index contributed by atoms with van der Waals surface area (Å²) in [6.45, 7) is 4.56. The van der Waals surface area contributed by atoms with E-state index in [0.717, 1.165) is 11.8 Å². The molecule has 1 aliphatic carbocycles. The molecule has 0 heterocycles. The van der Waals surface area contributed by atoms with Crippen molar-refractivity contribution in [3.63, 3.8) is 0 Å². The van der Waals surface area contributed by atoms with Gasteiger partial charge in [-0.25, -0.2) is 0 Å². The minimum Gasteiger partial charge on any atom is -0.328 e. The molecule has 1 atom stereocenters. The number of nitrogens with two attached hydrogens (primary N) is 1. The fourth-order valence-electron chi connectivity index (χ4n) is 2.30. The zero-order chi connectivity index (χ0) is 9.68. The molecule has 0 aromatic rings. The van der Waals surface area contributed by atoms with Gasteiger partial charge in [0.25, 0.3) is 0 Å². The summed E-state index contributed by atoms with van der Waals surface area (Å²) in [6, 6.07) is 0.482. The third kappa shape index (κ3) is 3.68. The molecule has 0 radical (unpaired) electrons. The Hall–Kier alpha value is -0.0400. The molecule has 1 heteroatoms. The highest BCUT2D eigenvalue weighted by atomic mass is 14.6. The molecule has 1 saturated carbocycles. The highest BCUT2D eigenvalue weighted by Gasteiger charge is 2.21. The molecule has 0 aliphatic heterocycles. The first-order chi connectivity index (χ1) is 6.26. The van der Waals surface area contributed by atoms with Crippen LogP contribution >= 0.6 is 0 Å². The van der Waals surface area contributed by atoms with Gasteiger partial charge in [-0.1, -0.05) is 46.0 Å². The molecule has 1 nitrogen and oxygen atoms in total. The lowest BCUT2D eigenvalue weighted by Gasteiger charge is -2.29. The maximum atomic E-state index is 6.14. The van der Waals surface area contributed by atoms with E-state index in [1.165, 1.54) is 44.9 Å². The summed E-state index contributed by atoms with van der Waals surface area (Å²) in [5.41, 5.74) is 6.14. The predicted molar refractivity (Wildman–Crippen MR) is 58.6 cm³/mol. The second-order valence-corrected chi connectivity index (χ2v) is 4.71. The summed E-state index contributed by atoms with van der Waals surface area (Å²) < 4.78 is 0. The SMILES string of the molecule is CCC(CC)CC(N)CC1CCC1. The maximum Gasteiger partial charge on any atom is 0.00441 e. The van der Waals surface area contributed by atoms with Crippen molar-refractivity contribution in [2.45, 2.75) is 64.8 Å². The van der Waals surface area contributed by atoms with Crippen LogP contribution in [0.5, 0.6) is 0 Å². The van der Waals surface area contributed by atoms with E-state index in [0.29, 0.717) is 6.04 Å². The van der Waals surface area contributed by atoms with E-state index >= 15 is 0 Å². The van der Waals surface area contributed by atoms with Crippen LogP contribution in [-0.4, -0.2) is 6.04 Å². The fraction of sp³-hybridized carbons (Fsp3) is 1.00. The van der Waals surface area contributed by atoms with Gasteiger partial charge in [0.15, 0.2) is 0 Å². The molecule has 0 aromatic heterocycles. The Morgan fingerprint density at radius 2 is 1.85 bits per heavy atom. The molecule has 0 spiro atoms. The van der Waals surface area contributed by atoms with Crippen molar-refractivity contribution < 1.29 is 0 Å². The molecule has 1 aliphatic rings. The molecular weight excluding hydrogens is 158 g/mol. The van der Waals surface area contributed by atoms with E-state index in [1.807, 2.05) is 0 Å². The monoisotopic (exact) mass is 183 g/mol. The van der Waals surface area contributed by atoms with Crippen LogP contribution in [0.25, 0.3) is 0 Å². The third-order valence-electron chi connectivity index (χ3n) is 3.65. The lowest BCUT2D eigenvalue weighted by atomic mass is 9.79. The van der Waals surface area contributed by atoms with Crippen LogP contribution in [0.1, 0.15) is 58.8 Å². The van der Waals surface area contributed by atoms with E-state index < -0.39 is 0 Å². The second-order valence-electron chi connectivity index (χ2n) is 4.71. The zero-order valence-corrected chi connectivity index (χ0v) is 9.26. The van der Waals surface area contributed by atoms with Crippen molar-refractivity contribution in [1.29, 1.82) is 0 Å².